The lowest BCUT2D eigenvalue weighted by molar-refractivity contribution is -0.153. The van der Waals surface area contributed by atoms with Gasteiger partial charge in [0.25, 0.3) is 5.91 Å². The fraction of sp³-hybridized carbons (Fsp3) is 0.463. The monoisotopic (exact) mass is 714 g/mol. The van der Waals surface area contributed by atoms with E-state index in [0.717, 1.165) is 41.0 Å². The van der Waals surface area contributed by atoms with Crippen LogP contribution >= 0.6 is 0 Å². The molecule has 280 valence electrons. The maximum atomic E-state index is 13.4. The first-order valence-electron chi connectivity index (χ1n) is 18.5. The number of aliphatic hydroxyl groups excluding tert-OH is 1. The quantitative estimate of drug-likeness (QED) is 0.0970. The summed E-state index contributed by atoms with van der Waals surface area (Å²) in [6.07, 6.45) is 6.46. The molecule has 5 N–H and O–H groups in total. The summed E-state index contributed by atoms with van der Waals surface area (Å²) in [6, 6.07) is 20.3. The number of hydrogen-bond acceptors (Lipinski definition) is 8. The van der Waals surface area contributed by atoms with Crippen molar-refractivity contribution < 1.29 is 33.8 Å². The Labute approximate surface area is 307 Å². The summed E-state index contributed by atoms with van der Waals surface area (Å²) in [4.78, 5) is 53.7. The number of nitrogens with two attached hydrogens (primary N) is 1. The minimum Gasteiger partial charge on any atom is -0.494 e. The fourth-order valence-corrected chi connectivity index (χ4v) is 6.37. The molecular formula is C41H54N4O7. The number of likely N-dealkylation sites (tertiary alicyclic amines) is 1. The lowest BCUT2D eigenvalue weighted by atomic mass is 9.99. The molecule has 1 heterocycles. The summed E-state index contributed by atoms with van der Waals surface area (Å²) in [6.45, 7) is 4.92. The van der Waals surface area contributed by atoms with E-state index >= 15 is 0 Å². The zero-order chi connectivity index (χ0) is 37.5. The van der Waals surface area contributed by atoms with Crippen LogP contribution in [-0.2, 0) is 19.1 Å². The van der Waals surface area contributed by atoms with E-state index < -0.39 is 47.9 Å². The minimum atomic E-state index is -1.32. The highest BCUT2D eigenvalue weighted by molar-refractivity contribution is 5.99. The van der Waals surface area contributed by atoms with Crippen LogP contribution in [0.15, 0.2) is 72.8 Å². The van der Waals surface area contributed by atoms with Gasteiger partial charge in [0, 0.05) is 12.1 Å². The van der Waals surface area contributed by atoms with Crippen molar-refractivity contribution in [3.8, 4) is 28.0 Å². The summed E-state index contributed by atoms with van der Waals surface area (Å²) >= 11 is 0. The molecule has 0 bridgehead atoms. The summed E-state index contributed by atoms with van der Waals surface area (Å²) in [5.41, 5.74) is 10.2. The molecular weight excluding hydrogens is 660 g/mol. The van der Waals surface area contributed by atoms with Gasteiger partial charge < -0.3 is 35.8 Å². The molecule has 1 fully saturated rings. The van der Waals surface area contributed by atoms with E-state index in [1.165, 1.54) is 44.6 Å². The molecule has 1 aliphatic heterocycles. The number of esters is 1. The standard InChI is InChI=1S/C41H54N4O7/c1-4-5-6-7-8-27-52-34-23-21-32(22-24-34)30-15-13-29(14-16-30)31-17-19-33(20-18-31)38(47)43-35(11-9-25-42)39(48)44-37(28(2)46)40(49)45-26-10-12-36(45)41(50)51-3/h13-24,28,35-37,46H,4-12,25-27,42H2,1-3H3,(H,43,47)(H,44,48)/t28-,35-,36+,37+/m1/s1. The number of unbranched alkanes of at least 4 members (excludes halogenated alkanes) is 4. The maximum Gasteiger partial charge on any atom is 0.328 e. The molecule has 0 saturated carbocycles. The van der Waals surface area contributed by atoms with Gasteiger partial charge in [-0.2, -0.15) is 0 Å². The van der Waals surface area contributed by atoms with Gasteiger partial charge in [-0.1, -0.05) is 81.1 Å². The number of carbonyl (C=O) groups is 4. The average Bonchev–Trinajstić information content (AvgIpc) is 3.67. The molecule has 1 aliphatic rings. The maximum absolute atomic E-state index is 13.4. The summed E-state index contributed by atoms with van der Waals surface area (Å²) in [7, 11) is 1.25. The molecule has 0 spiro atoms. The summed E-state index contributed by atoms with van der Waals surface area (Å²) in [5.74, 6) is -1.36. The van der Waals surface area contributed by atoms with Crippen molar-refractivity contribution in [2.24, 2.45) is 5.73 Å². The van der Waals surface area contributed by atoms with Crippen molar-refractivity contribution in [2.45, 2.75) is 95.9 Å². The normalized spacial score (nSPS) is 15.7. The lowest BCUT2D eigenvalue weighted by Gasteiger charge is -2.30. The number of carbonyl (C=O) groups excluding carboxylic acids is 4. The van der Waals surface area contributed by atoms with Crippen LogP contribution < -0.4 is 21.1 Å². The van der Waals surface area contributed by atoms with Gasteiger partial charge in [0.15, 0.2) is 0 Å². The van der Waals surface area contributed by atoms with Gasteiger partial charge in [0.2, 0.25) is 11.8 Å². The van der Waals surface area contributed by atoms with Crippen LogP contribution in [0.1, 0.15) is 82.0 Å². The smallest absolute Gasteiger partial charge is 0.328 e. The SMILES string of the molecule is CCCCCCCOc1ccc(-c2ccc(-c3ccc(C(=O)N[C@H](CCCN)C(=O)N[C@H](C(=O)N4CCC[C@H]4C(=O)OC)[C@@H](C)O)cc3)cc2)cc1. The molecule has 3 amide bonds. The van der Waals surface area contributed by atoms with Crippen LogP contribution in [0.4, 0.5) is 0 Å². The Hall–Kier alpha value is -4.74. The van der Waals surface area contributed by atoms with Gasteiger partial charge in [-0.15, -0.1) is 0 Å². The molecule has 11 nitrogen and oxygen atoms in total. The van der Waals surface area contributed by atoms with Crippen LogP contribution in [-0.4, -0.2) is 84.7 Å². The number of aliphatic hydroxyl groups is 1. The van der Waals surface area contributed by atoms with E-state index in [1.807, 2.05) is 36.4 Å². The second-order valence-electron chi connectivity index (χ2n) is 13.3. The second kappa shape index (κ2) is 20.3. The molecule has 0 aromatic heterocycles. The van der Waals surface area contributed by atoms with E-state index in [0.29, 0.717) is 37.9 Å². The zero-order valence-corrected chi connectivity index (χ0v) is 30.6. The third-order valence-corrected chi connectivity index (χ3v) is 9.44. The first kappa shape index (κ1) is 40.0. The Morgan fingerprint density at radius 3 is 1.98 bits per heavy atom. The van der Waals surface area contributed by atoms with Crippen molar-refractivity contribution in [3.05, 3.63) is 78.4 Å². The highest BCUT2D eigenvalue weighted by Crippen LogP contribution is 2.27. The van der Waals surface area contributed by atoms with Crippen molar-refractivity contribution in [2.75, 3.05) is 26.8 Å². The van der Waals surface area contributed by atoms with Crippen LogP contribution in [0.25, 0.3) is 22.3 Å². The number of hydrogen-bond donors (Lipinski definition) is 4. The number of benzene rings is 3. The average molecular weight is 715 g/mol. The first-order chi connectivity index (χ1) is 25.2. The van der Waals surface area contributed by atoms with Crippen molar-refractivity contribution in [3.63, 3.8) is 0 Å². The van der Waals surface area contributed by atoms with E-state index in [1.54, 1.807) is 12.1 Å². The second-order valence-corrected chi connectivity index (χ2v) is 13.3. The topological polar surface area (TPSA) is 160 Å². The lowest BCUT2D eigenvalue weighted by Crippen LogP contribution is -2.59. The van der Waals surface area contributed by atoms with Crippen LogP contribution in [0.5, 0.6) is 5.75 Å². The van der Waals surface area contributed by atoms with Crippen molar-refractivity contribution in [1.29, 1.82) is 0 Å². The van der Waals surface area contributed by atoms with Gasteiger partial charge in [0.1, 0.15) is 23.9 Å². The highest BCUT2D eigenvalue weighted by Gasteiger charge is 2.40. The molecule has 3 aromatic carbocycles. The minimum absolute atomic E-state index is 0.225. The number of nitrogens with one attached hydrogen (secondary N) is 2. The molecule has 11 heteroatoms. The first-order valence-corrected chi connectivity index (χ1v) is 18.5. The largest absolute Gasteiger partial charge is 0.494 e. The number of rotatable bonds is 19. The Morgan fingerprint density at radius 1 is 0.846 bits per heavy atom. The van der Waals surface area contributed by atoms with E-state index in [9.17, 15) is 24.3 Å². The fourth-order valence-electron chi connectivity index (χ4n) is 6.37. The third kappa shape index (κ3) is 11.1. The molecule has 0 unspecified atom stereocenters. The van der Waals surface area contributed by atoms with Crippen LogP contribution in [0.2, 0.25) is 0 Å². The number of methoxy groups -OCH3 is 1. The Balaban J connectivity index is 1.35. The third-order valence-electron chi connectivity index (χ3n) is 9.44. The van der Waals surface area contributed by atoms with E-state index in [4.69, 9.17) is 15.2 Å². The molecule has 0 radical (unpaired) electrons. The molecule has 4 rings (SSSR count). The number of ether oxygens (including phenoxy) is 2. The van der Waals surface area contributed by atoms with E-state index in [2.05, 4.69) is 41.8 Å². The Bertz CT molecular complexity index is 1590. The molecule has 1 saturated heterocycles. The van der Waals surface area contributed by atoms with Gasteiger partial charge in [0.05, 0.1) is 19.8 Å². The number of amides is 3. The van der Waals surface area contributed by atoms with Gasteiger partial charge in [-0.25, -0.2) is 4.79 Å². The van der Waals surface area contributed by atoms with Crippen LogP contribution in [0.3, 0.4) is 0 Å². The van der Waals surface area contributed by atoms with E-state index in [-0.39, 0.29) is 6.42 Å². The Morgan fingerprint density at radius 2 is 1.42 bits per heavy atom. The molecule has 4 atom stereocenters. The van der Waals surface area contributed by atoms with Crippen LogP contribution in [0, 0.1) is 0 Å². The molecule has 52 heavy (non-hydrogen) atoms. The van der Waals surface area contributed by atoms with Crippen molar-refractivity contribution >= 4 is 23.7 Å². The number of nitrogens with zero attached hydrogens (tertiary/aromatic N) is 1. The molecule has 3 aromatic rings. The Kier molecular flexibility index (Phi) is 15.7. The predicted octanol–water partition coefficient (Wildman–Crippen LogP) is 5.24. The van der Waals surface area contributed by atoms with Crippen molar-refractivity contribution in [1.82, 2.24) is 15.5 Å². The summed E-state index contributed by atoms with van der Waals surface area (Å²) < 4.78 is 10.7. The van der Waals surface area contributed by atoms with Gasteiger partial charge in [-0.05, 0) is 92.1 Å². The van der Waals surface area contributed by atoms with Gasteiger partial charge >= 0.3 is 5.97 Å². The summed E-state index contributed by atoms with van der Waals surface area (Å²) in [5, 5.41) is 15.8. The zero-order valence-electron chi connectivity index (χ0n) is 30.6. The molecule has 0 aliphatic carbocycles. The van der Waals surface area contributed by atoms with Gasteiger partial charge in [-0.3, -0.25) is 14.4 Å². The predicted molar refractivity (Wildman–Crippen MR) is 201 cm³/mol. The highest BCUT2D eigenvalue weighted by atomic mass is 16.5.